The average Bonchev–Trinajstić information content (AvgIpc) is 3.09. The first kappa shape index (κ1) is 18.4. The molecule has 8 heteroatoms. The third-order valence-corrected chi connectivity index (χ3v) is 4.87. The summed E-state index contributed by atoms with van der Waals surface area (Å²) in [7, 11) is 0. The minimum Gasteiger partial charge on any atom is -0.349 e. The number of benzene rings is 2. The topological polar surface area (TPSA) is 70.7 Å². The molecule has 0 saturated carbocycles. The Labute approximate surface area is 159 Å². The van der Waals surface area contributed by atoms with E-state index < -0.39 is 0 Å². The van der Waals surface area contributed by atoms with Gasteiger partial charge >= 0.3 is 0 Å². The largest absolute Gasteiger partial charge is 0.349 e. The fourth-order valence-electron chi connectivity index (χ4n) is 2.40. The van der Waals surface area contributed by atoms with Crippen LogP contribution in [0.4, 0.5) is 4.39 Å². The number of amides is 1. The van der Waals surface area contributed by atoms with E-state index in [1.165, 1.54) is 17.8 Å². The molecule has 1 atom stereocenters. The maximum absolute atomic E-state index is 13.8. The predicted octanol–water partition coefficient (Wildman–Crippen LogP) is 4.23. The van der Waals surface area contributed by atoms with Crippen molar-refractivity contribution in [3.63, 3.8) is 0 Å². The summed E-state index contributed by atoms with van der Waals surface area (Å²) in [5.41, 5.74) is 1.19. The van der Waals surface area contributed by atoms with Gasteiger partial charge in [-0.3, -0.25) is 9.89 Å². The van der Waals surface area contributed by atoms with Gasteiger partial charge in [0.2, 0.25) is 11.1 Å². The Kier molecular flexibility index (Phi) is 5.90. The van der Waals surface area contributed by atoms with E-state index in [0.717, 1.165) is 5.56 Å². The molecule has 0 aliphatic carbocycles. The Morgan fingerprint density at radius 1 is 1.27 bits per heavy atom. The number of nitrogens with one attached hydrogen (secondary N) is 2. The minimum absolute atomic E-state index is 0.142. The standard InChI is InChI=1S/C18H16ClFN4OS/c1-11(12-6-2-4-8-14(12)19)21-16(25)10-26-18-22-17(23-24-18)13-7-3-5-9-15(13)20/h2-9,11H,10H2,1H3,(H,21,25)(H,22,23,24)/t11-/m0/s1. The lowest BCUT2D eigenvalue weighted by molar-refractivity contribution is -0.119. The van der Waals surface area contributed by atoms with Gasteiger partial charge in [-0.25, -0.2) is 9.37 Å². The number of carbonyl (C=O) groups excluding carboxylic acids is 1. The van der Waals surface area contributed by atoms with Crippen LogP contribution in [-0.2, 0) is 4.79 Å². The van der Waals surface area contributed by atoms with Crippen LogP contribution in [0, 0.1) is 5.82 Å². The van der Waals surface area contributed by atoms with Crippen LogP contribution in [0.2, 0.25) is 5.02 Å². The molecule has 5 nitrogen and oxygen atoms in total. The van der Waals surface area contributed by atoms with Gasteiger partial charge in [-0.05, 0) is 30.7 Å². The minimum atomic E-state index is -0.383. The van der Waals surface area contributed by atoms with Gasteiger partial charge in [0.25, 0.3) is 0 Å². The number of rotatable bonds is 6. The van der Waals surface area contributed by atoms with Crippen molar-refractivity contribution in [1.29, 1.82) is 0 Å². The zero-order chi connectivity index (χ0) is 18.5. The lowest BCUT2D eigenvalue weighted by atomic mass is 10.1. The van der Waals surface area contributed by atoms with Crippen LogP contribution in [-0.4, -0.2) is 26.8 Å². The molecule has 3 aromatic rings. The van der Waals surface area contributed by atoms with E-state index in [4.69, 9.17) is 11.6 Å². The van der Waals surface area contributed by atoms with Crippen molar-refractivity contribution in [3.05, 3.63) is 64.9 Å². The van der Waals surface area contributed by atoms with Crippen LogP contribution >= 0.6 is 23.4 Å². The van der Waals surface area contributed by atoms with Crippen molar-refractivity contribution in [1.82, 2.24) is 20.5 Å². The van der Waals surface area contributed by atoms with Crippen LogP contribution < -0.4 is 5.32 Å². The van der Waals surface area contributed by atoms with Crippen LogP contribution in [0.25, 0.3) is 11.4 Å². The Hall–Kier alpha value is -2.38. The van der Waals surface area contributed by atoms with E-state index in [-0.39, 0.29) is 23.5 Å². The van der Waals surface area contributed by atoms with E-state index >= 15 is 0 Å². The number of halogens is 2. The highest BCUT2D eigenvalue weighted by molar-refractivity contribution is 7.99. The van der Waals surface area contributed by atoms with E-state index in [2.05, 4.69) is 20.5 Å². The number of nitrogens with zero attached hydrogens (tertiary/aromatic N) is 2. The molecule has 0 aliphatic heterocycles. The van der Waals surface area contributed by atoms with Crippen molar-refractivity contribution in [2.45, 2.75) is 18.1 Å². The Morgan fingerprint density at radius 2 is 2.00 bits per heavy atom. The van der Waals surface area contributed by atoms with E-state index in [1.807, 2.05) is 25.1 Å². The zero-order valence-electron chi connectivity index (χ0n) is 13.9. The predicted molar refractivity (Wildman–Crippen MR) is 101 cm³/mol. The molecule has 26 heavy (non-hydrogen) atoms. The van der Waals surface area contributed by atoms with Gasteiger partial charge in [-0.2, -0.15) is 0 Å². The molecule has 0 radical (unpaired) electrons. The molecule has 0 unspecified atom stereocenters. The molecular formula is C18H16ClFN4OS. The number of thioether (sulfide) groups is 1. The third kappa shape index (κ3) is 4.42. The number of hydrogen-bond acceptors (Lipinski definition) is 4. The van der Waals surface area contributed by atoms with Crippen molar-refractivity contribution in [2.75, 3.05) is 5.75 Å². The highest BCUT2D eigenvalue weighted by Gasteiger charge is 2.14. The normalized spacial score (nSPS) is 12.0. The first-order valence-corrected chi connectivity index (χ1v) is 9.25. The van der Waals surface area contributed by atoms with Crippen molar-refractivity contribution >= 4 is 29.3 Å². The molecule has 1 amide bonds. The monoisotopic (exact) mass is 390 g/mol. The first-order valence-electron chi connectivity index (χ1n) is 7.88. The summed E-state index contributed by atoms with van der Waals surface area (Å²) >= 11 is 7.31. The summed E-state index contributed by atoms with van der Waals surface area (Å²) in [5.74, 6) is -0.0785. The van der Waals surface area contributed by atoms with Crippen LogP contribution in [0.15, 0.2) is 53.7 Å². The van der Waals surface area contributed by atoms with Gasteiger partial charge in [0.15, 0.2) is 5.82 Å². The molecule has 1 heterocycles. The lowest BCUT2D eigenvalue weighted by Gasteiger charge is -2.15. The van der Waals surface area contributed by atoms with E-state index in [0.29, 0.717) is 21.6 Å². The van der Waals surface area contributed by atoms with Crippen molar-refractivity contribution < 1.29 is 9.18 Å². The first-order chi connectivity index (χ1) is 12.5. The molecular weight excluding hydrogens is 375 g/mol. The van der Waals surface area contributed by atoms with E-state index in [9.17, 15) is 9.18 Å². The fourth-order valence-corrected chi connectivity index (χ4v) is 3.31. The summed E-state index contributed by atoms with van der Waals surface area (Å²) in [6, 6.07) is 13.5. The zero-order valence-corrected chi connectivity index (χ0v) is 15.4. The van der Waals surface area contributed by atoms with Gasteiger partial charge < -0.3 is 5.32 Å². The fraction of sp³-hybridized carbons (Fsp3) is 0.167. The second-order valence-electron chi connectivity index (χ2n) is 5.55. The SMILES string of the molecule is C[C@H](NC(=O)CSc1n[nH]c(-c2ccccc2F)n1)c1ccccc1Cl. The summed E-state index contributed by atoms with van der Waals surface area (Å²) in [6.07, 6.45) is 0. The smallest absolute Gasteiger partial charge is 0.230 e. The third-order valence-electron chi connectivity index (χ3n) is 3.68. The Balaban J connectivity index is 1.57. The van der Waals surface area contributed by atoms with Gasteiger partial charge in [0.05, 0.1) is 17.4 Å². The number of aromatic nitrogens is 3. The Bertz CT molecular complexity index is 917. The van der Waals surface area contributed by atoms with Crippen LogP contribution in [0.5, 0.6) is 0 Å². The summed E-state index contributed by atoms with van der Waals surface area (Å²) < 4.78 is 13.8. The summed E-state index contributed by atoms with van der Waals surface area (Å²) in [6.45, 7) is 1.87. The molecule has 134 valence electrons. The molecule has 2 N–H and O–H groups in total. The number of hydrogen-bond donors (Lipinski definition) is 2. The molecule has 0 aliphatic rings. The summed E-state index contributed by atoms with van der Waals surface area (Å²) in [4.78, 5) is 16.4. The second kappa shape index (κ2) is 8.33. The summed E-state index contributed by atoms with van der Waals surface area (Å²) in [5, 5.41) is 10.6. The molecule has 0 saturated heterocycles. The van der Waals surface area contributed by atoms with Crippen LogP contribution in [0.3, 0.4) is 0 Å². The van der Waals surface area contributed by atoms with Gasteiger partial charge in [-0.15, -0.1) is 5.10 Å². The molecule has 3 rings (SSSR count). The molecule has 2 aromatic carbocycles. The number of H-pyrrole nitrogens is 1. The Morgan fingerprint density at radius 3 is 2.77 bits per heavy atom. The van der Waals surface area contributed by atoms with Crippen molar-refractivity contribution in [3.8, 4) is 11.4 Å². The quantitative estimate of drug-likeness (QED) is 0.618. The van der Waals surface area contributed by atoms with Gasteiger partial charge in [0, 0.05) is 5.02 Å². The highest BCUT2D eigenvalue weighted by atomic mass is 35.5. The van der Waals surface area contributed by atoms with Crippen molar-refractivity contribution in [2.24, 2.45) is 0 Å². The maximum Gasteiger partial charge on any atom is 0.230 e. The molecule has 0 bridgehead atoms. The van der Waals surface area contributed by atoms with Crippen LogP contribution in [0.1, 0.15) is 18.5 Å². The molecule has 1 aromatic heterocycles. The average molecular weight is 391 g/mol. The highest BCUT2D eigenvalue weighted by Crippen LogP contribution is 2.23. The van der Waals surface area contributed by atoms with Gasteiger partial charge in [0.1, 0.15) is 5.82 Å². The molecule has 0 fully saturated rings. The number of aromatic amines is 1. The second-order valence-corrected chi connectivity index (χ2v) is 6.90. The number of carbonyl (C=O) groups is 1. The maximum atomic E-state index is 13.8. The van der Waals surface area contributed by atoms with E-state index in [1.54, 1.807) is 24.3 Å². The van der Waals surface area contributed by atoms with Gasteiger partial charge in [-0.1, -0.05) is 53.7 Å². The lowest BCUT2D eigenvalue weighted by Crippen LogP contribution is -2.28. The molecule has 0 spiro atoms.